The number of thiocarbonyl (C=S) groups is 1. The number of nitrogens with zero attached hydrogens (tertiary/aromatic N) is 1. The number of thiazole rings is 1. The average Bonchev–Trinajstić information content (AvgIpc) is 3.55. The summed E-state index contributed by atoms with van der Waals surface area (Å²) in [5.74, 6) is 1.39. The number of hydrogen-bond acceptors (Lipinski definition) is 6. The number of ether oxygens (including phenoxy) is 1. The number of nitrogens with one attached hydrogen (secondary N) is 2. The van der Waals surface area contributed by atoms with Gasteiger partial charge in [0.05, 0.1) is 23.0 Å². The van der Waals surface area contributed by atoms with E-state index in [2.05, 4.69) is 10.6 Å². The first-order valence-corrected chi connectivity index (χ1v) is 12.8. The van der Waals surface area contributed by atoms with Crippen LogP contribution in [0, 0.1) is 0 Å². The number of rotatable bonds is 6. The van der Waals surface area contributed by atoms with E-state index < -0.39 is 5.91 Å². The van der Waals surface area contributed by atoms with E-state index in [1.165, 1.54) is 6.08 Å². The normalized spacial score (nSPS) is 11.1. The fourth-order valence-electron chi connectivity index (χ4n) is 3.61. The largest absolute Gasteiger partial charge is 0.495 e. The van der Waals surface area contributed by atoms with E-state index >= 15 is 0 Å². The molecule has 5 aromatic rings. The average molecular weight is 546 g/mol. The maximum atomic E-state index is 12.5. The molecule has 184 valence electrons. The predicted molar refractivity (Wildman–Crippen MR) is 154 cm³/mol. The third-order valence-corrected chi connectivity index (χ3v) is 6.92. The summed E-state index contributed by atoms with van der Waals surface area (Å²) >= 11 is 12.9. The number of aromatic nitrogens is 1. The van der Waals surface area contributed by atoms with Crippen molar-refractivity contribution in [2.45, 2.75) is 0 Å². The lowest BCUT2D eigenvalue weighted by Gasteiger charge is -2.13. The van der Waals surface area contributed by atoms with Crippen LogP contribution in [-0.2, 0) is 4.79 Å². The maximum Gasteiger partial charge on any atom is 0.250 e. The number of halogens is 1. The lowest BCUT2D eigenvalue weighted by Crippen LogP contribution is -2.32. The zero-order valence-electron chi connectivity index (χ0n) is 19.5. The molecule has 0 atom stereocenters. The van der Waals surface area contributed by atoms with E-state index in [9.17, 15) is 4.79 Å². The summed E-state index contributed by atoms with van der Waals surface area (Å²) in [6, 6.07) is 24.6. The van der Waals surface area contributed by atoms with Crippen LogP contribution in [0.25, 0.3) is 38.2 Å². The van der Waals surface area contributed by atoms with Crippen LogP contribution in [0.4, 0.5) is 5.69 Å². The molecule has 0 bridgehead atoms. The maximum absolute atomic E-state index is 12.5. The third-order valence-electron chi connectivity index (χ3n) is 5.38. The number of anilines is 1. The molecule has 0 aliphatic carbocycles. The van der Waals surface area contributed by atoms with Crippen molar-refractivity contribution >= 4 is 68.2 Å². The SMILES string of the molecule is COc1ccc(-c2nc3ccccc3s2)cc1NC(=S)NC(=O)C=Cc1ccc(-c2ccc(Cl)cc2)o1. The minimum Gasteiger partial charge on any atom is -0.495 e. The molecule has 0 saturated carbocycles. The Morgan fingerprint density at radius 3 is 2.62 bits per heavy atom. The second-order valence-corrected chi connectivity index (χ2v) is 9.76. The first-order chi connectivity index (χ1) is 18.0. The minimum absolute atomic E-state index is 0.135. The molecule has 0 radical (unpaired) electrons. The molecule has 0 fully saturated rings. The summed E-state index contributed by atoms with van der Waals surface area (Å²) in [6.07, 6.45) is 2.93. The molecule has 2 N–H and O–H groups in total. The number of carbonyl (C=O) groups excluding carboxylic acids is 1. The van der Waals surface area contributed by atoms with Gasteiger partial charge in [-0.15, -0.1) is 11.3 Å². The van der Waals surface area contributed by atoms with Crippen molar-refractivity contribution in [2.75, 3.05) is 12.4 Å². The van der Waals surface area contributed by atoms with Gasteiger partial charge >= 0.3 is 0 Å². The molecular weight excluding hydrogens is 526 g/mol. The highest BCUT2D eigenvalue weighted by atomic mass is 35.5. The van der Waals surface area contributed by atoms with Gasteiger partial charge in [0, 0.05) is 22.2 Å². The number of benzene rings is 3. The van der Waals surface area contributed by atoms with Gasteiger partial charge in [0.15, 0.2) is 5.11 Å². The monoisotopic (exact) mass is 545 g/mol. The zero-order valence-corrected chi connectivity index (χ0v) is 21.9. The highest BCUT2D eigenvalue weighted by molar-refractivity contribution is 7.80. The third kappa shape index (κ3) is 5.89. The molecule has 0 aliphatic heterocycles. The van der Waals surface area contributed by atoms with Gasteiger partial charge in [-0.1, -0.05) is 23.7 Å². The standard InChI is InChI=1S/C28H20ClN3O3S2/c1-34-24-13-8-18(27-30-21-4-2-3-5-25(21)37-27)16-22(24)31-28(36)32-26(33)15-12-20-11-14-23(35-20)17-6-9-19(29)10-7-17/h2-16H,1H3,(H2,31,32,33,36). The van der Waals surface area contributed by atoms with Crippen LogP contribution >= 0.6 is 35.2 Å². The molecule has 1 amide bonds. The van der Waals surface area contributed by atoms with E-state index in [0.717, 1.165) is 26.4 Å². The van der Waals surface area contributed by atoms with Gasteiger partial charge in [-0.2, -0.15) is 0 Å². The molecule has 3 aromatic carbocycles. The Kier molecular flexibility index (Phi) is 7.32. The summed E-state index contributed by atoms with van der Waals surface area (Å²) in [7, 11) is 1.57. The summed E-state index contributed by atoms with van der Waals surface area (Å²) in [4.78, 5) is 17.2. The van der Waals surface area contributed by atoms with Crippen molar-refractivity contribution in [2.24, 2.45) is 0 Å². The van der Waals surface area contributed by atoms with Gasteiger partial charge in [0.2, 0.25) is 5.91 Å². The van der Waals surface area contributed by atoms with Gasteiger partial charge in [0.25, 0.3) is 0 Å². The van der Waals surface area contributed by atoms with E-state index in [1.807, 2.05) is 60.7 Å². The Bertz CT molecular complexity index is 1590. The van der Waals surface area contributed by atoms with Crippen LogP contribution in [0.1, 0.15) is 5.76 Å². The molecular formula is C28H20ClN3O3S2. The van der Waals surface area contributed by atoms with Gasteiger partial charge in [-0.3, -0.25) is 10.1 Å². The molecule has 5 rings (SSSR count). The van der Waals surface area contributed by atoms with Crippen LogP contribution < -0.4 is 15.4 Å². The van der Waals surface area contributed by atoms with Crippen molar-refractivity contribution in [3.63, 3.8) is 0 Å². The summed E-state index contributed by atoms with van der Waals surface area (Å²) in [5.41, 5.74) is 3.36. The van der Waals surface area contributed by atoms with Crippen molar-refractivity contribution in [1.29, 1.82) is 0 Å². The molecule has 0 spiro atoms. The Morgan fingerprint density at radius 2 is 1.84 bits per heavy atom. The fourth-order valence-corrected chi connectivity index (χ4v) is 4.91. The van der Waals surface area contributed by atoms with Gasteiger partial charge in [-0.25, -0.2) is 4.98 Å². The van der Waals surface area contributed by atoms with E-state index in [0.29, 0.717) is 28.0 Å². The van der Waals surface area contributed by atoms with Gasteiger partial charge in [-0.05, 0) is 85.0 Å². The highest BCUT2D eigenvalue weighted by Gasteiger charge is 2.12. The lowest BCUT2D eigenvalue weighted by atomic mass is 10.2. The first-order valence-electron chi connectivity index (χ1n) is 11.2. The Labute approximate surface area is 227 Å². The van der Waals surface area contributed by atoms with E-state index in [-0.39, 0.29) is 5.11 Å². The van der Waals surface area contributed by atoms with E-state index in [1.54, 1.807) is 42.7 Å². The summed E-state index contributed by atoms with van der Waals surface area (Å²) < 4.78 is 12.4. The molecule has 0 saturated heterocycles. The van der Waals surface area contributed by atoms with Crippen LogP contribution in [-0.4, -0.2) is 23.1 Å². The minimum atomic E-state index is -0.400. The Hall–Kier alpha value is -3.98. The van der Waals surface area contributed by atoms with Gasteiger partial charge < -0.3 is 14.5 Å². The quantitative estimate of drug-likeness (QED) is 0.171. The molecule has 37 heavy (non-hydrogen) atoms. The number of amides is 1. The van der Waals surface area contributed by atoms with Crippen LogP contribution in [0.3, 0.4) is 0 Å². The lowest BCUT2D eigenvalue weighted by molar-refractivity contribution is -0.115. The first kappa shape index (κ1) is 24.7. The zero-order chi connectivity index (χ0) is 25.8. The number of fused-ring (bicyclic) bond motifs is 1. The molecule has 2 heterocycles. The summed E-state index contributed by atoms with van der Waals surface area (Å²) in [5, 5.41) is 7.35. The molecule has 2 aromatic heterocycles. The fraction of sp³-hybridized carbons (Fsp3) is 0.0357. The summed E-state index contributed by atoms with van der Waals surface area (Å²) in [6.45, 7) is 0. The van der Waals surface area contributed by atoms with Crippen LogP contribution in [0.2, 0.25) is 5.02 Å². The van der Waals surface area contributed by atoms with Gasteiger partial charge in [0.1, 0.15) is 22.3 Å². The second-order valence-electron chi connectivity index (χ2n) is 7.89. The number of furan rings is 1. The Balaban J connectivity index is 1.24. The molecule has 0 unspecified atom stereocenters. The van der Waals surface area contributed by atoms with Crippen molar-refractivity contribution in [1.82, 2.24) is 10.3 Å². The number of methoxy groups -OCH3 is 1. The van der Waals surface area contributed by atoms with Crippen molar-refractivity contribution in [3.8, 4) is 27.6 Å². The molecule has 0 aliphatic rings. The topological polar surface area (TPSA) is 76.4 Å². The van der Waals surface area contributed by atoms with Crippen LogP contribution in [0.5, 0.6) is 5.75 Å². The smallest absolute Gasteiger partial charge is 0.250 e. The van der Waals surface area contributed by atoms with E-state index in [4.69, 9.17) is 38.0 Å². The van der Waals surface area contributed by atoms with Crippen molar-refractivity contribution < 1.29 is 13.9 Å². The number of hydrogen-bond donors (Lipinski definition) is 2. The molecule has 6 nitrogen and oxygen atoms in total. The van der Waals surface area contributed by atoms with Crippen molar-refractivity contribution in [3.05, 3.63) is 95.7 Å². The number of para-hydroxylation sites is 1. The van der Waals surface area contributed by atoms with Crippen LogP contribution in [0.15, 0.2) is 89.4 Å². The highest BCUT2D eigenvalue weighted by Crippen LogP contribution is 2.34. The second kappa shape index (κ2) is 11.0. The predicted octanol–water partition coefficient (Wildman–Crippen LogP) is 7.41. The Morgan fingerprint density at radius 1 is 1.05 bits per heavy atom. The molecule has 9 heteroatoms. The number of carbonyl (C=O) groups is 1.